The lowest BCUT2D eigenvalue weighted by atomic mass is 10.1. The lowest BCUT2D eigenvalue weighted by molar-refractivity contribution is -0.140. The topological polar surface area (TPSA) is 58.6 Å². The molecule has 0 aliphatic rings. The second-order valence-corrected chi connectivity index (χ2v) is 9.50. The van der Waals surface area contributed by atoms with Crippen molar-refractivity contribution in [1.82, 2.24) is 10.2 Å². The third kappa shape index (κ3) is 8.29. The highest BCUT2D eigenvalue weighted by molar-refractivity contribution is 7.99. The van der Waals surface area contributed by atoms with E-state index in [0.717, 1.165) is 17.1 Å². The van der Waals surface area contributed by atoms with Crippen molar-refractivity contribution in [3.05, 3.63) is 65.7 Å². The summed E-state index contributed by atoms with van der Waals surface area (Å²) in [5, 5.41) is 3.03. The number of thioether (sulfide) groups is 1. The van der Waals surface area contributed by atoms with Gasteiger partial charge in [-0.1, -0.05) is 49.4 Å². The fourth-order valence-electron chi connectivity index (χ4n) is 3.25. The summed E-state index contributed by atoms with van der Waals surface area (Å²) in [7, 11) is 1.62. The summed E-state index contributed by atoms with van der Waals surface area (Å²) in [4.78, 5) is 28.0. The zero-order valence-electron chi connectivity index (χ0n) is 19.2. The first-order chi connectivity index (χ1) is 14.7. The molecule has 0 radical (unpaired) electrons. The molecule has 2 aromatic rings. The molecule has 0 saturated heterocycles. The van der Waals surface area contributed by atoms with Crippen molar-refractivity contribution in [2.75, 3.05) is 12.9 Å². The number of hydrogen-bond donors (Lipinski definition) is 1. The Morgan fingerprint density at radius 3 is 2.35 bits per heavy atom. The number of ether oxygens (including phenoxy) is 1. The number of amides is 2. The Balaban J connectivity index is 2.18. The maximum absolute atomic E-state index is 13.3. The highest BCUT2D eigenvalue weighted by atomic mass is 32.2. The van der Waals surface area contributed by atoms with Gasteiger partial charge in [0.25, 0.3) is 0 Å². The molecule has 2 amide bonds. The van der Waals surface area contributed by atoms with Crippen LogP contribution in [0.25, 0.3) is 0 Å². The van der Waals surface area contributed by atoms with Crippen molar-refractivity contribution in [3.8, 4) is 5.75 Å². The number of carbonyl (C=O) groups is 2. The molecule has 0 aliphatic carbocycles. The number of nitrogens with one attached hydrogen (secondary N) is 1. The van der Waals surface area contributed by atoms with Crippen LogP contribution in [0.1, 0.15) is 45.2 Å². The highest BCUT2D eigenvalue weighted by Crippen LogP contribution is 2.20. The normalized spacial score (nSPS) is 12.2. The molecule has 0 aliphatic heterocycles. The summed E-state index contributed by atoms with van der Waals surface area (Å²) in [6, 6.07) is 17.2. The minimum absolute atomic E-state index is 0.0420. The summed E-state index contributed by atoms with van der Waals surface area (Å²) < 4.78 is 5.32. The van der Waals surface area contributed by atoms with Crippen LogP contribution in [0.4, 0.5) is 0 Å². The zero-order chi connectivity index (χ0) is 22.9. The summed E-state index contributed by atoms with van der Waals surface area (Å²) in [6.45, 7) is 8.14. The molecule has 0 heterocycles. The Hall–Kier alpha value is -2.47. The second-order valence-electron chi connectivity index (χ2n) is 8.51. The Kier molecular flexibility index (Phi) is 9.44. The number of hydrogen-bond acceptors (Lipinski definition) is 4. The van der Waals surface area contributed by atoms with Gasteiger partial charge in [-0.2, -0.15) is 0 Å². The molecule has 0 aromatic heterocycles. The van der Waals surface area contributed by atoms with Crippen molar-refractivity contribution in [1.29, 1.82) is 0 Å². The van der Waals surface area contributed by atoms with Crippen molar-refractivity contribution < 1.29 is 14.3 Å². The third-order valence-corrected chi connectivity index (χ3v) is 5.70. The van der Waals surface area contributed by atoms with Gasteiger partial charge in [0.15, 0.2) is 0 Å². The molecule has 6 heteroatoms. The van der Waals surface area contributed by atoms with Crippen molar-refractivity contribution in [2.45, 2.75) is 58.0 Å². The van der Waals surface area contributed by atoms with E-state index in [2.05, 4.69) is 17.4 Å². The van der Waals surface area contributed by atoms with Crippen molar-refractivity contribution >= 4 is 23.6 Å². The van der Waals surface area contributed by atoms with Gasteiger partial charge < -0.3 is 15.0 Å². The molecule has 0 spiro atoms. The van der Waals surface area contributed by atoms with E-state index in [4.69, 9.17) is 4.74 Å². The van der Waals surface area contributed by atoms with E-state index in [1.807, 2.05) is 70.2 Å². The van der Waals surface area contributed by atoms with Gasteiger partial charge >= 0.3 is 0 Å². The molecule has 1 N–H and O–H groups in total. The monoisotopic (exact) mass is 442 g/mol. The fraction of sp³-hybridized carbons (Fsp3) is 0.440. The molecule has 0 unspecified atom stereocenters. The predicted molar refractivity (Wildman–Crippen MR) is 128 cm³/mol. The summed E-state index contributed by atoms with van der Waals surface area (Å²) in [6.07, 6.45) is 0.543. The summed E-state index contributed by atoms with van der Waals surface area (Å²) >= 11 is 1.57. The molecule has 0 bridgehead atoms. The molecular weight excluding hydrogens is 408 g/mol. The van der Waals surface area contributed by atoms with Crippen LogP contribution in [-0.4, -0.2) is 41.2 Å². The van der Waals surface area contributed by atoms with Crippen LogP contribution in [0.5, 0.6) is 5.75 Å². The first-order valence-electron chi connectivity index (χ1n) is 10.6. The van der Waals surface area contributed by atoms with Gasteiger partial charge in [-0.25, -0.2) is 0 Å². The Morgan fingerprint density at radius 2 is 1.74 bits per heavy atom. The van der Waals surface area contributed by atoms with E-state index in [1.165, 1.54) is 5.56 Å². The number of rotatable bonds is 10. The molecule has 31 heavy (non-hydrogen) atoms. The maximum atomic E-state index is 13.3. The lowest BCUT2D eigenvalue weighted by Crippen LogP contribution is -2.53. The quantitative estimate of drug-likeness (QED) is 0.582. The SMILES string of the molecule is CC[C@@H](C(=O)NC(C)(C)C)N(Cc1cccc(OC)c1)C(=O)CSCc1ccccc1. The van der Waals surface area contributed by atoms with E-state index in [-0.39, 0.29) is 17.4 Å². The molecule has 2 aromatic carbocycles. The van der Waals surface area contributed by atoms with Gasteiger partial charge in [-0.05, 0) is 50.5 Å². The van der Waals surface area contributed by atoms with Crippen LogP contribution in [0.2, 0.25) is 0 Å². The first kappa shape index (κ1) is 24.8. The molecule has 168 valence electrons. The highest BCUT2D eigenvalue weighted by Gasteiger charge is 2.30. The molecule has 0 fully saturated rings. The van der Waals surface area contributed by atoms with Crippen LogP contribution in [0.3, 0.4) is 0 Å². The van der Waals surface area contributed by atoms with Gasteiger partial charge in [0.1, 0.15) is 11.8 Å². The molecule has 2 rings (SSSR count). The van der Waals surface area contributed by atoms with Crippen molar-refractivity contribution in [3.63, 3.8) is 0 Å². The average Bonchev–Trinajstić information content (AvgIpc) is 2.73. The van der Waals surface area contributed by atoms with E-state index in [1.54, 1.807) is 23.8 Å². The zero-order valence-corrected chi connectivity index (χ0v) is 20.0. The lowest BCUT2D eigenvalue weighted by Gasteiger charge is -2.33. The van der Waals surface area contributed by atoms with Gasteiger partial charge in [0.2, 0.25) is 11.8 Å². The second kappa shape index (κ2) is 11.8. The van der Waals surface area contributed by atoms with Crippen LogP contribution in [0, 0.1) is 0 Å². The third-order valence-electron chi connectivity index (χ3n) is 4.71. The van der Waals surface area contributed by atoms with Gasteiger partial charge in [0.05, 0.1) is 12.9 Å². The van der Waals surface area contributed by atoms with E-state index in [9.17, 15) is 9.59 Å². The van der Waals surface area contributed by atoms with E-state index >= 15 is 0 Å². The summed E-state index contributed by atoms with van der Waals surface area (Å²) in [5.41, 5.74) is 1.75. The molecule has 0 saturated carbocycles. The molecular formula is C25H34N2O3S. The van der Waals surface area contributed by atoms with Gasteiger partial charge in [-0.3, -0.25) is 9.59 Å². The fourth-order valence-corrected chi connectivity index (χ4v) is 4.12. The minimum atomic E-state index is -0.532. The maximum Gasteiger partial charge on any atom is 0.243 e. The van der Waals surface area contributed by atoms with Gasteiger partial charge in [0, 0.05) is 17.8 Å². The standard InChI is InChI=1S/C25H34N2O3S/c1-6-22(24(29)26-25(2,3)4)27(16-20-13-10-14-21(15-20)30-5)23(28)18-31-17-19-11-8-7-9-12-19/h7-15,22H,6,16-18H2,1-5H3,(H,26,29)/t22-/m0/s1. The number of benzene rings is 2. The number of carbonyl (C=O) groups excluding carboxylic acids is 2. The largest absolute Gasteiger partial charge is 0.497 e. The Bertz CT molecular complexity index is 849. The average molecular weight is 443 g/mol. The molecule has 1 atom stereocenters. The first-order valence-corrected chi connectivity index (χ1v) is 11.7. The Labute approximate surface area is 190 Å². The van der Waals surface area contributed by atoms with Crippen LogP contribution in [-0.2, 0) is 21.9 Å². The number of nitrogens with zero attached hydrogens (tertiary/aromatic N) is 1. The van der Waals surface area contributed by atoms with E-state index < -0.39 is 6.04 Å². The van der Waals surface area contributed by atoms with E-state index in [0.29, 0.717) is 18.7 Å². The minimum Gasteiger partial charge on any atom is -0.497 e. The van der Waals surface area contributed by atoms with Crippen LogP contribution >= 0.6 is 11.8 Å². The van der Waals surface area contributed by atoms with Crippen LogP contribution < -0.4 is 10.1 Å². The number of methoxy groups -OCH3 is 1. The van der Waals surface area contributed by atoms with Crippen molar-refractivity contribution in [2.24, 2.45) is 0 Å². The Morgan fingerprint density at radius 1 is 1.06 bits per heavy atom. The summed E-state index contributed by atoms with van der Waals surface area (Å²) in [5.74, 6) is 1.64. The predicted octanol–water partition coefficient (Wildman–Crippen LogP) is 4.65. The van der Waals surface area contributed by atoms with Gasteiger partial charge in [-0.15, -0.1) is 11.8 Å². The van der Waals surface area contributed by atoms with Crippen LogP contribution in [0.15, 0.2) is 54.6 Å². The molecule has 5 nitrogen and oxygen atoms in total. The smallest absolute Gasteiger partial charge is 0.243 e.